The lowest BCUT2D eigenvalue weighted by Gasteiger charge is -2.25. The van der Waals surface area contributed by atoms with E-state index < -0.39 is 0 Å². The van der Waals surface area contributed by atoms with Gasteiger partial charge in [0.1, 0.15) is 28.5 Å². The van der Waals surface area contributed by atoms with Crippen LogP contribution in [0.2, 0.25) is 0 Å². The van der Waals surface area contributed by atoms with Crippen LogP contribution in [0.25, 0.3) is 11.1 Å². The summed E-state index contributed by atoms with van der Waals surface area (Å²) in [7, 11) is 0. The van der Waals surface area contributed by atoms with Crippen LogP contribution in [-0.4, -0.2) is 16.6 Å². The number of carbonyl (C=O) groups is 1. The molecule has 0 saturated heterocycles. The highest BCUT2D eigenvalue weighted by Gasteiger charge is 2.26. The minimum Gasteiger partial charge on any atom is -0.383 e. The molecule has 1 amide bonds. The first kappa shape index (κ1) is 24.1. The minimum absolute atomic E-state index is 0.0299. The van der Waals surface area contributed by atoms with Gasteiger partial charge in [-0.05, 0) is 41.7 Å². The molecule has 0 aliphatic carbocycles. The molecular weight excluding hydrogens is 478 g/mol. The summed E-state index contributed by atoms with van der Waals surface area (Å²) in [5.41, 5.74) is 11.9. The van der Waals surface area contributed by atoms with Crippen molar-refractivity contribution in [2.45, 2.75) is 24.3 Å². The van der Waals surface area contributed by atoms with Crippen LogP contribution in [0, 0.1) is 22.7 Å². The van der Waals surface area contributed by atoms with Crippen LogP contribution < -0.4 is 10.6 Å². The number of hydrogen-bond acceptors (Lipinski definition) is 6. The van der Waals surface area contributed by atoms with Crippen LogP contribution in [0.15, 0.2) is 83.9 Å². The molecule has 0 saturated carbocycles. The highest BCUT2D eigenvalue weighted by atomic mass is 32.2. The normalized spacial score (nSPS) is 12.0. The molecule has 0 radical (unpaired) electrons. The minimum atomic E-state index is -0.0299. The Hall–Kier alpha value is -4.59. The number of benzene rings is 3. The van der Waals surface area contributed by atoms with Crippen LogP contribution >= 0.6 is 11.8 Å². The van der Waals surface area contributed by atoms with E-state index in [1.54, 1.807) is 0 Å². The number of anilines is 3. The number of fused-ring (bicyclic) bond motifs is 2. The zero-order chi connectivity index (χ0) is 25.8. The third-order valence-corrected chi connectivity index (χ3v) is 7.39. The van der Waals surface area contributed by atoms with E-state index in [2.05, 4.69) is 29.3 Å². The van der Waals surface area contributed by atoms with Gasteiger partial charge in [0.25, 0.3) is 0 Å². The molecule has 4 aromatic rings. The summed E-state index contributed by atoms with van der Waals surface area (Å²) < 4.78 is 0. The molecule has 0 fully saturated rings. The van der Waals surface area contributed by atoms with E-state index in [4.69, 9.17) is 5.73 Å². The number of hydrogen-bond donors (Lipinski definition) is 1. The monoisotopic (exact) mass is 501 g/mol. The molecule has 0 atom stereocenters. The molecule has 1 aliphatic heterocycles. The second-order valence-corrected chi connectivity index (χ2v) is 9.69. The second-order valence-electron chi connectivity index (χ2n) is 8.60. The molecule has 0 unspecified atom stereocenters. The number of rotatable bonds is 5. The maximum Gasteiger partial charge on any atom is 0.232 e. The van der Waals surface area contributed by atoms with E-state index in [0.29, 0.717) is 21.9 Å². The van der Waals surface area contributed by atoms with Gasteiger partial charge in [0, 0.05) is 17.7 Å². The van der Waals surface area contributed by atoms with Crippen molar-refractivity contribution >= 4 is 34.9 Å². The quantitative estimate of drug-likeness (QED) is 0.335. The third kappa shape index (κ3) is 4.65. The number of carbonyl (C=O) groups excluding carboxylic acids is 1. The summed E-state index contributed by atoms with van der Waals surface area (Å²) in [6.45, 7) is 0. The first-order valence-electron chi connectivity index (χ1n) is 11.9. The number of pyridine rings is 1. The lowest BCUT2D eigenvalue weighted by molar-refractivity contribution is -0.117. The van der Waals surface area contributed by atoms with E-state index in [-0.39, 0.29) is 23.7 Å². The Morgan fingerprint density at radius 3 is 2.03 bits per heavy atom. The first-order chi connectivity index (χ1) is 18.1. The molecule has 5 rings (SSSR count). The van der Waals surface area contributed by atoms with Gasteiger partial charge in [0.2, 0.25) is 5.91 Å². The number of amides is 1. The van der Waals surface area contributed by atoms with Crippen molar-refractivity contribution in [3.63, 3.8) is 0 Å². The lowest BCUT2D eigenvalue weighted by atomic mass is 9.97. The van der Waals surface area contributed by atoms with Crippen molar-refractivity contribution in [3.05, 3.63) is 101 Å². The highest BCUT2D eigenvalue weighted by molar-refractivity contribution is 7.99. The summed E-state index contributed by atoms with van der Waals surface area (Å²) in [4.78, 5) is 19.8. The summed E-state index contributed by atoms with van der Waals surface area (Å²) in [5.74, 6) is 0.447. The Morgan fingerprint density at radius 2 is 1.43 bits per heavy atom. The fourth-order valence-corrected chi connectivity index (χ4v) is 5.62. The molecule has 180 valence electrons. The smallest absolute Gasteiger partial charge is 0.232 e. The zero-order valence-corrected chi connectivity index (χ0v) is 20.8. The lowest BCUT2D eigenvalue weighted by Crippen LogP contribution is -2.27. The van der Waals surface area contributed by atoms with E-state index in [1.165, 1.54) is 11.8 Å². The molecule has 1 aromatic heterocycles. The van der Waals surface area contributed by atoms with Crippen molar-refractivity contribution in [2.24, 2.45) is 0 Å². The topological polar surface area (TPSA) is 107 Å². The van der Waals surface area contributed by atoms with Gasteiger partial charge >= 0.3 is 0 Å². The van der Waals surface area contributed by atoms with Gasteiger partial charge in [-0.15, -0.1) is 11.8 Å². The maximum atomic E-state index is 13.6. The Balaban J connectivity index is 1.44. The summed E-state index contributed by atoms with van der Waals surface area (Å²) in [5, 5.41) is 20.1. The summed E-state index contributed by atoms with van der Waals surface area (Å²) in [6.07, 6.45) is 1.97. The molecule has 37 heavy (non-hydrogen) atoms. The Labute approximate surface area is 220 Å². The van der Waals surface area contributed by atoms with Gasteiger partial charge < -0.3 is 5.73 Å². The number of nitrogens with zero attached hydrogens (tertiary/aromatic N) is 4. The van der Waals surface area contributed by atoms with Crippen molar-refractivity contribution in [1.82, 2.24) is 4.98 Å². The van der Waals surface area contributed by atoms with Gasteiger partial charge in [-0.3, -0.25) is 9.69 Å². The summed E-state index contributed by atoms with van der Waals surface area (Å²) in [6, 6.07) is 29.6. The number of aryl methyl sites for hydroxylation is 2. The fraction of sp³-hybridized carbons (Fsp3) is 0.133. The second kappa shape index (κ2) is 10.6. The van der Waals surface area contributed by atoms with Crippen LogP contribution in [-0.2, 0) is 17.6 Å². The maximum absolute atomic E-state index is 13.6. The number of aromatic nitrogens is 1. The van der Waals surface area contributed by atoms with E-state index in [0.717, 1.165) is 40.9 Å². The summed E-state index contributed by atoms with van der Waals surface area (Å²) >= 11 is 1.30. The average molecular weight is 502 g/mol. The molecule has 7 heteroatoms. The average Bonchev–Trinajstić information content (AvgIpc) is 3.10. The largest absolute Gasteiger partial charge is 0.383 e. The fourth-order valence-electron chi connectivity index (χ4n) is 4.69. The van der Waals surface area contributed by atoms with Crippen LogP contribution in [0.3, 0.4) is 0 Å². The number of thioether (sulfide) groups is 1. The van der Waals surface area contributed by atoms with E-state index in [9.17, 15) is 15.3 Å². The predicted molar refractivity (Wildman–Crippen MR) is 146 cm³/mol. The van der Waals surface area contributed by atoms with Crippen LogP contribution in [0.4, 0.5) is 17.2 Å². The molecule has 0 bridgehead atoms. The Kier molecular flexibility index (Phi) is 6.89. The molecule has 3 aromatic carbocycles. The van der Waals surface area contributed by atoms with Crippen LogP contribution in [0.1, 0.15) is 28.7 Å². The van der Waals surface area contributed by atoms with Gasteiger partial charge in [0.05, 0.1) is 16.9 Å². The molecule has 2 heterocycles. The van der Waals surface area contributed by atoms with Crippen molar-refractivity contribution in [1.29, 1.82) is 10.5 Å². The van der Waals surface area contributed by atoms with Crippen molar-refractivity contribution < 1.29 is 4.79 Å². The van der Waals surface area contributed by atoms with Crippen LogP contribution in [0.5, 0.6) is 0 Å². The standard InChI is InChI=1S/C30H23N5OS/c31-18-23-28(22-10-2-1-3-11-22)24(19-32)30(34-29(23)33)37-17-16-27(36)35-25-12-6-4-8-20(25)14-15-21-9-5-7-13-26(21)35/h1-13H,14-17H2,(H2,33,34). The van der Waals surface area contributed by atoms with E-state index >= 15 is 0 Å². The van der Waals surface area contributed by atoms with Gasteiger partial charge in [0.15, 0.2) is 0 Å². The van der Waals surface area contributed by atoms with Gasteiger partial charge in [-0.1, -0.05) is 66.7 Å². The van der Waals surface area contributed by atoms with E-state index in [1.807, 2.05) is 71.6 Å². The van der Waals surface area contributed by atoms with Gasteiger partial charge in [-0.2, -0.15) is 10.5 Å². The first-order valence-corrected chi connectivity index (χ1v) is 12.9. The van der Waals surface area contributed by atoms with Gasteiger partial charge in [-0.25, -0.2) is 4.98 Å². The zero-order valence-electron chi connectivity index (χ0n) is 20.0. The molecule has 6 nitrogen and oxygen atoms in total. The highest BCUT2D eigenvalue weighted by Crippen LogP contribution is 2.38. The number of nitriles is 2. The number of nitrogen functional groups attached to an aromatic ring is 1. The molecule has 0 spiro atoms. The van der Waals surface area contributed by atoms with Crippen molar-refractivity contribution in [3.8, 4) is 23.3 Å². The Bertz CT molecular complexity index is 1520. The number of para-hydroxylation sites is 2. The predicted octanol–water partition coefficient (Wildman–Crippen LogP) is 6.02. The number of nitrogens with two attached hydrogens (primary N) is 1. The molecule has 2 N–H and O–H groups in total. The third-order valence-electron chi connectivity index (χ3n) is 6.41. The molecule has 1 aliphatic rings. The Morgan fingerprint density at radius 1 is 0.865 bits per heavy atom. The molecular formula is C30H23N5OS. The van der Waals surface area contributed by atoms with Crippen molar-refractivity contribution in [2.75, 3.05) is 16.4 Å². The SMILES string of the molecule is N#Cc1c(N)nc(SCCC(=O)N2c3ccccc3CCc3ccccc32)c(C#N)c1-c1ccccc1.